The maximum atomic E-state index is 13.3. The van der Waals surface area contributed by atoms with Crippen molar-refractivity contribution in [1.29, 1.82) is 0 Å². The minimum Gasteiger partial charge on any atom is -0.481 e. The van der Waals surface area contributed by atoms with Crippen LogP contribution >= 0.6 is 0 Å². The first-order valence-corrected chi connectivity index (χ1v) is 5.58. The van der Waals surface area contributed by atoms with Gasteiger partial charge < -0.3 is 5.11 Å². The van der Waals surface area contributed by atoms with Crippen LogP contribution in [-0.4, -0.2) is 11.1 Å². The number of aliphatic carboxylic acids is 1. The van der Waals surface area contributed by atoms with E-state index in [-0.39, 0.29) is 17.7 Å². The molecule has 0 bridgehead atoms. The standard InChI is InChI=1S/C13H15FO2/c1-8-5-9(7-10(14)6-8)11-3-2-4-12(11)13(15)16/h5-7,11-12H,2-4H2,1H3,(H,15,16). The third-order valence-corrected chi connectivity index (χ3v) is 3.33. The van der Waals surface area contributed by atoms with Gasteiger partial charge in [-0.1, -0.05) is 12.5 Å². The molecular formula is C13H15FO2. The fraction of sp³-hybridized carbons (Fsp3) is 0.462. The summed E-state index contributed by atoms with van der Waals surface area (Å²) in [7, 11) is 0. The number of carboxylic acid groups (broad SMARTS) is 1. The average molecular weight is 222 g/mol. The molecule has 0 spiro atoms. The molecule has 1 saturated carbocycles. The zero-order valence-electron chi connectivity index (χ0n) is 9.24. The molecule has 1 aromatic rings. The number of carbonyl (C=O) groups is 1. The summed E-state index contributed by atoms with van der Waals surface area (Å²) in [4.78, 5) is 11.1. The van der Waals surface area contributed by atoms with Crippen molar-refractivity contribution in [2.45, 2.75) is 32.1 Å². The predicted octanol–water partition coefficient (Wildman–Crippen LogP) is 3.10. The Kier molecular flexibility index (Phi) is 2.95. The fourth-order valence-electron chi connectivity index (χ4n) is 2.63. The molecule has 1 N–H and O–H groups in total. The summed E-state index contributed by atoms with van der Waals surface area (Å²) >= 11 is 0. The molecule has 1 aliphatic rings. The highest BCUT2D eigenvalue weighted by Gasteiger charge is 2.34. The minimum atomic E-state index is -0.760. The van der Waals surface area contributed by atoms with Crippen molar-refractivity contribution in [3.8, 4) is 0 Å². The number of halogens is 1. The Hall–Kier alpha value is -1.38. The number of hydrogen-bond donors (Lipinski definition) is 1. The fourth-order valence-corrected chi connectivity index (χ4v) is 2.63. The normalized spacial score (nSPS) is 24.6. The van der Waals surface area contributed by atoms with E-state index in [0.29, 0.717) is 6.42 Å². The Morgan fingerprint density at radius 1 is 1.38 bits per heavy atom. The first-order chi connectivity index (χ1) is 7.58. The Labute approximate surface area is 94.1 Å². The second-order valence-electron chi connectivity index (χ2n) is 4.54. The molecule has 2 atom stereocenters. The summed E-state index contributed by atoms with van der Waals surface area (Å²) in [6.07, 6.45) is 2.46. The van der Waals surface area contributed by atoms with Crippen LogP contribution in [0.5, 0.6) is 0 Å². The second-order valence-corrected chi connectivity index (χ2v) is 4.54. The van der Waals surface area contributed by atoms with Gasteiger partial charge in [0.15, 0.2) is 0 Å². The molecule has 1 aromatic carbocycles. The van der Waals surface area contributed by atoms with E-state index >= 15 is 0 Å². The van der Waals surface area contributed by atoms with E-state index in [1.54, 1.807) is 0 Å². The lowest BCUT2D eigenvalue weighted by molar-refractivity contribution is -0.142. The SMILES string of the molecule is Cc1cc(F)cc(C2CCCC2C(=O)O)c1. The number of hydrogen-bond acceptors (Lipinski definition) is 1. The maximum absolute atomic E-state index is 13.3. The number of benzene rings is 1. The van der Waals surface area contributed by atoms with Crippen LogP contribution in [0.3, 0.4) is 0 Å². The molecule has 0 aromatic heterocycles. The van der Waals surface area contributed by atoms with Crippen LogP contribution < -0.4 is 0 Å². The summed E-state index contributed by atoms with van der Waals surface area (Å²) in [6, 6.07) is 4.84. The molecule has 1 fully saturated rings. The van der Waals surface area contributed by atoms with Crippen LogP contribution in [0.1, 0.15) is 36.3 Å². The van der Waals surface area contributed by atoms with Gasteiger partial charge in [-0.15, -0.1) is 0 Å². The first kappa shape index (κ1) is 11.1. The van der Waals surface area contributed by atoms with Crippen molar-refractivity contribution in [3.63, 3.8) is 0 Å². The highest BCUT2D eigenvalue weighted by molar-refractivity contribution is 5.71. The molecule has 0 heterocycles. The number of rotatable bonds is 2. The van der Waals surface area contributed by atoms with Crippen LogP contribution in [0, 0.1) is 18.7 Å². The van der Waals surface area contributed by atoms with Gasteiger partial charge in [0.1, 0.15) is 5.82 Å². The zero-order chi connectivity index (χ0) is 11.7. The molecule has 1 aliphatic carbocycles. The molecule has 0 saturated heterocycles. The summed E-state index contributed by atoms with van der Waals surface area (Å²) in [5.41, 5.74) is 1.69. The van der Waals surface area contributed by atoms with Crippen LogP contribution in [0.4, 0.5) is 4.39 Å². The van der Waals surface area contributed by atoms with Gasteiger partial charge in [0, 0.05) is 0 Å². The molecule has 86 valence electrons. The lowest BCUT2D eigenvalue weighted by Gasteiger charge is -2.16. The Morgan fingerprint density at radius 3 is 2.75 bits per heavy atom. The monoisotopic (exact) mass is 222 g/mol. The van der Waals surface area contributed by atoms with E-state index in [1.165, 1.54) is 12.1 Å². The third-order valence-electron chi connectivity index (χ3n) is 3.33. The van der Waals surface area contributed by atoms with E-state index in [9.17, 15) is 9.18 Å². The molecule has 0 aliphatic heterocycles. The van der Waals surface area contributed by atoms with Gasteiger partial charge >= 0.3 is 5.97 Å². The van der Waals surface area contributed by atoms with Gasteiger partial charge in [0.05, 0.1) is 5.92 Å². The van der Waals surface area contributed by atoms with Crippen LogP contribution in [0.25, 0.3) is 0 Å². The summed E-state index contributed by atoms with van der Waals surface area (Å²) in [5.74, 6) is -1.40. The Morgan fingerprint density at radius 2 is 2.12 bits per heavy atom. The molecule has 2 unspecified atom stereocenters. The van der Waals surface area contributed by atoms with Crippen molar-refractivity contribution in [2.24, 2.45) is 5.92 Å². The van der Waals surface area contributed by atoms with Gasteiger partial charge in [-0.25, -0.2) is 4.39 Å². The molecule has 0 radical (unpaired) electrons. The molecule has 2 nitrogen and oxygen atoms in total. The average Bonchev–Trinajstić information content (AvgIpc) is 2.63. The molecule has 3 heteroatoms. The summed E-state index contributed by atoms with van der Waals surface area (Å²) in [6.45, 7) is 1.83. The van der Waals surface area contributed by atoms with Gasteiger partial charge in [0.25, 0.3) is 0 Å². The van der Waals surface area contributed by atoms with E-state index < -0.39 is 5.97 Å². The molecule has 0 amide bonds. The van der Waals surface area contributed by atoms with Gasteiger partial charge in [-0.05, 0) is 48.9 Å². The molecule has 2 rings (SSSR count). The van der Waals surface area contributed by atoms with Gasteiger partial charge in [-0.2, -0.15) is 0 Å². The second kappa shape index (κ2) is 4.24. The Balaban J connectivity index is 2.32. The number of carboxylic acids is 1. The van der Waals surface area contributed by atoms with E-state index in [1.807, 2.05) is 13.0 Å². The maximum Gasteiger partial charge on any atom is 0.307 e. The minimum absolute atomic E-state index is 0.0214. The highest BCUT2D eigenvalue weighted by atomic mass is 19.1. The van der Waals surface area contributed by atoms with Gasteiger partial charge in [-0.3, -0.25) is 4.79 Å². The number of aryl methyl sites for hydroxylation is 1. The van der Waals surface area contributed by atoms with Crippen molar-refractivity contribution >= 4 is 5.97 Å². The molecule has 16 heavy (non-hydrogen) atoms. The lowest BCUT2D eigenvalue weighted by Crippen LogP contribution is -2.17. The predicted molar refractivity (Wildman–Crippen MR) is 58.9 cm³/mol. The van der Waals surface area contributed by atoms with Crippen molar-refractivity contribution in [3.05, 3.63) is 35.1 Å². The Bertz CT molecular complexity index is 394. The largest absolute Gasteiger partial charge is 0.481 e. The highest BCUT2D eigenvalue weighted by Crippen LogP contribution is 2.40. The van der Waals surface area contributed by atoms with Crippen molar-refractivity contribution < 1.29 is 14.3 Å². The topological polar surface area (TPSA) is 37.3 Å². The van der Waals surface area contributed by atoms with Crippen molar-refractivity contribution in [1.82, 2.24) is 0 Å². The quantitative estimate of drug-likeness (QED) is 0.834. The summed E-state index contributed by atoms with van der Waals surface area (Å²) < 4.78 is 13.3. The van der Waals surface area contributed by atoms with E-state index in [4.69, 9.17) is 5.11 Å². The van der Waals surface area contributed by atoms with E-state index in [0.717, 1.165) is 24.0 Å². The lowest BCUT2D eigenvalue weighted by atomic mass is 9.88. The molecular weight excluding hydrogens is 207 g/mol. The zero-order valence-corrected chi connectivity index (χ0v) is 9.24. The van der Waals surface area contributed by atoms with Crippen LogP contribution in [0.2, 0.25) is 0 Å². The first-order valence-electron chi connectivity index (χ1n) is 5.58. The smallest absolute Gasteiger partial charge is 0.307 e. The van der Waals surface area contributed by atoms with Crippen LogP contribution in [-0.2, 0) is 4.79 Å². The van der Waals surface area contributed by atoms with Gasteiger partial charge in [0.2, 0.25) is 0 Å². The van der Waals surface area contributed by atoms with Crippen LogP contribution in [0.15, 0.2) is 18.2 Å². The van der Waals surface area contributed by atoms with Crippen molar-refractivity contribution in [2.75, 3.05) is 0 Å². The third kappa shape index (κ3) is 2.08. The van der Waals surface area contributed by atoms with E-state index in [2.05, 4.69) is 0 Å². The summed E-state index contributed by atoms with van der Waals surface area (Å²) in [5, 5.41) is 9.09.